The van der Waals surface area contributed by atoms with Gasteiger partial charge in [-0.05, 0) is 52.7 Å². The summed E-state index contributed by atoms with van der Waals surface area (Å²) in [5.41, 5.74) is 1.00. The fraction of sp³-hybridized carbons (Fsp3) is 0.190. The van der Waals surface area contributed by atoms with Crippen molar-refractivity contribution in [1.82, 2.24) is 5.32 Å². The summed E-state index contributed by atoms with van der Waals surface area (Å²) in [6, 6.07) is 11.9. The standard InChI is InChI=1S/C21H18BrN3O6S/c1-2-30-15-9-12(11-23-25-21-24-19(28)16(32-21)10-17(26)27)8-14(22)18(15)31-20(29)13-6-4-3-5-7-13/h3-9,11,16H,2,10H2,1H3,(H,26,27)(H,24,25,28). The average molecular weight is 520 g/mol. The molecule has 166 valence electrons. The molecule has 1 amide bonds. The van der Waals surface area contributed by atoms with E-state index in [0.29, 0.717) is 28.0 Å². The summed E-state index contributed by atoms with van der Waals surface area (Å²) in [4.78, 5) is 35.0. The largest absolute Gasteiger partial charge is 0.490 e. The molecule has 9 nitrogen and oxygen atoms in total. The Hall–Kier alpha value is -3.18. The van der Waals surface area contributed by atoms with Crippen LogP contribution in [0.3, 0.4) is 0 Å². The predicted molar refractivity (Wildman–Crippen MR) is 124 cm³/mol. The molecule has 2 aromatic rings. The van der Waals surface area contributed by atoms with Gasteiger partial charge in [0.1, 0.15) is 5.25 Å². The van der Waals surface area contributed by atoms with Crippen molar-refractivity contribution in [3.8, 4) is 11.5 Å². The van der Waals surface area contributed by atoms with Crippen LogP contribution in [0.4, 0.5) is 0 Å². The van der Waals surface area contributed by atoms with Crippen LogP contribution in [0.1, 0.15) is 29.3 Å². The maximum atomic E-state index is 12.4. The van der Waals surface area contributed by atoms with Crippen LogP contribution in [-0.2, 0) is 9.59 Å². The molecule has 32 heavy (non-hydrogen) atoms. The van der Waals surface area contributed by atoms with Gasteiger partial charge in [-0.2, -0.15) is 5.10 Å². The molecule has 0 bridgehead atoms. The van der Waals surface area contributed by atoms with Gasteiger partial charge in [-0.1, -0.05) is 30.0 Å². The number of esters is 1. The number of amides is 1. The third kappa shape index (κ3) is 6.17. The minimum atomic E-state index is -1.07. The molecule has 1 aliphatic rings. The topological polar surface area (TPSA) is 127 Å². The summed E-state index contributed by atoms with van der Waals surface area (Å²) < 4.78 is 11.6. The van der Waals surface area contributed by atoms with E-state index in [1.807, 2.05) is 0 Å². The number of carboxylic acid groups (broad SMARTS) is 1. The molecule has 1 unspecified atom stereocenters. The Morgan fingerprint density at radius 2 is 2.03 bits per heavy atom. The molecule has 1 fully saturated rings. The number of hydrogen-bond donors (Lipinski definition) is 2. The number of thioether (sulfide) groups is 1. The fourth-order valence-electron chi connectivity index (χ4n) is 2.64. The van der Waals surface area contributed by atoms with Crippen LogP contribution in [0.15, 0.2) is 57.1 Å². The first kappa shape index (κ1) is 23.5. The second kappa shape index (κ2) is 10.9. The van der Waals surface area contributed by atoms with E-state index in [-0.39, 0.29) is 17.3 Å². The van der Waals surface area contributed by atoms with Gasteiger partial charge < -0.3 is 19.9 Å². The Bertz CT molecular complexity index is 1090. The molecule has 1 aliphatic heterocycles. The van der Waals surface area contributed by atoms with Gasteiger partial charge >= 0.3 is 11.9 Å². The number of rotatable bonds is 8. The number of amidine groups is 1. The maximum Gasteiger partial charge on any atom is 0.343 e. The van der Waals surface area contributed by atoms with E-state index in [0.717, 1.165) is 11.8 Å². The number of nitrogens with one attached hydrogen (secondary N) is 1. The van der Waals surface area contributed by atoms with E-state index in [2.05, 4.69) is 31.4 Å². The molecular formula is C21H18BrN3O6S. The molecule has 0 spiro atoms. The molecule has 0 radical (unpaired) electrons. The fourth-order valence-corrected chi connectivity index (χ4v) is 4.10. The molecule has 0 saturated carbocycles. The predicted octanol–water partition coefficient (Wildman–Crippen LogP) is 3.46. The lowest BCUT2D eigenvalue weighted by atomic mass is 10.2. The second-order valence-corrected chi connectivity index (χ2v) is 8.41. The first-order valence-electron chi connectivity index (χ1n) is 9.41. The monoisotopic (exact) mass is 519 g/mol. The van der Waals surface area contributed by atoms with Crippen LogP contribution in [0, 0.1) is 0 Å². The van der Waals surface area contributed by atoms with Crippen molar-refractivity contribution in [1.29, 1.82) is 0 Å². The molecule has 1 saturated heterocycles. The third-order valence-corrected chi connectivity index (χ3v) is 5.69. The quantitative estimate of drug-likeness (QED) is 0.236. The Labute approximate surface area is 196 Å². The minimum Gasteiger partial charge on any atom is -0.490 e. The first-order valence-corrected chi connectivity index (χ1v) is 11.1. The number of carbonyl (C=O) groups excluding carboxylic acids is 2. The number of benzene rings is 2. The Morgan fingerprint density at radius 1 is 1.28 bits per heavy atom. The zero-order valence-corrected chi connectivity index (χ0v) is 19.2. The van der Waals surface area contributed by atoms with E-state index >= 15 is 0 Å². The number of ether oxygens (including phenoxy) is 2. The average Bonchev–Trinajstić information content (AvgIpc) is 3.09. The molecule has 0 aromatic heterocycles. The first-order chi connectivity index (χ1) is 15.4. The van der Waals surface area contributed by atoms with Crippen molar-refractivity contribution < 1.29 is 29.0 Å². The summed E-state index contributed by atoms with van der Waals surface area (Å²) in [6.45, 7) is 2.15. The number of aliphatic carboxylic acids is 1. The molecule has 2 aromatic carbocycles. The van der Waals surface area contributed by atoms with E-state index in [1.54, 1.807) is 49.4 Å². The number of nitrogens with zero attached hydrogens (tertiary/aromatic N) is 2. The van der Waals surface area contributed by atoms with Crippen molar-refractivity contribution in [2.75, 3.05) is 6.61 Å². The molecule has 11 heteroatoms. The zero-order chi connectivity index (χ0) is 23.1. The number of carbonyl (C=O) groups is 3. The molecular weight excluding hydrogens is 502 g/mol. The van der Waals surface area contributed by atoms with Crippen molar-refractivity contribution in [3.63, 3.8) is 0 Å². The highest BCUT2D eigenvalue weighted by Crippen LogP contribution is 2.37. The highest BCUT2D eigenvalue weighted by atomic mass is 79.9. The van der Waals surface area contributed by atoms with E-state index in [1.165, 1.54) is 6.21 Å². The summed E-state index contributed by atoms with van der Waals surface area (Å²) in [5, 5.41) is 18.7. The highest BCUT2D eigenvalue weighted by molar-refractivity contribution is 9.10. The number of hydrogen-bond acceptors (Lipinski definition) is 8. The van der Waals surface area contributed by atoms with Gasteiger partial charge in [0, 0.05) is 0 Å². The molecule has 2 N–H and O–H groups in total. The Balaban J connectivity index is 1.76. The van der Waals surface area contributed by atoms with Gasteiger partial charge in [-0.25, -0.2) is 4.79 Å². The van der Waals surface area contributed by atoms with Crippen LogP contribution in [-0.4, -0.2) is 46.2 Å². The van der Waals surface area contributed by atoms with Crippen LogP contribution < -0.4 is 14.8 Å². The summed E-state index contributed by atoms with van der Waals surface area (Å²) in [6.07, 6.45) is 1.13. The summed E-state index contributed by atoms with van der Waals surface area (Å²) >= 11 is 4.40. The van der Waals surface area contributed by atoms with Crippen molar-refractivity contribution in [2.45, 2.75) is 18.6 Å². The van der Waals surface area contributed by atoms with Crippen LogP contribution in [0.2, 0.25) is 0 Å². The van der Waals surface area contributed by atoms with Crippen LogP contribution in [0.5, 0.6) is 11.5 Å². The lowest BCUT2D eigenvalue weighted by Crippen LogP contribution is -2.26. The highest BCUT2D eigenvalue weighted by Gasteiger charge is 2.32. The Kier molecular flexibility index (Phi) is 8.01. The van der Waals surface area contributed by atoms with E-state index < -0.39 is 23.1 Å². The third-order valence-electron chi connectivity index (χ3n) is 4.03. The maximum absolute atomic E-state index is 12.4. The summed E-state index contributed by atoms with van der Waals surface area (Å²) in [5.74, 6) is -1.43. The van der Waals surface area contributed by atoms with Gasteiger partial charge in [0.15, 0.2) is 16.7 Å². The van der Waals surface area contributed by atoms with Crippen molar-refractivity contribution >= 4 is 56.9 Å². The van der Waals surface area contributed by atoms with Gasteiger partial charge in [0.25, 0.3) is 0 Å². The lowest BCUT2D eigenvalue weighted by molar-refractivity contribution is -0.138. The van der Waals surface area contributed by atoms with Gasteiger partial charge in [0.2, 0.25) is 5.91 Å². The molecule has 1 heterocycles. The van der Waals surface area contributed by atoms with Gasteiger partial charge in [-0.3, -0.25) is 9.59 Å². The zero-order valence-electron chi connectivity index (χ0n) is 16.8. The number of carboxylic acids is 1. The summed E-state index contributed by atoms with van der Waals surface area (Å²) in [7, 11) is 0. The van der Waals surface area contributed by atoms with E-state index in [4.69, 9.17) is 14.6 Å². The smallest absolute Gasteiger partial charge is 0.343 e. The normalized spacial score (nSPS) is 16.9. The second-order valence-electron chi connectivity index (χ2n) is 6.36. The van der Waals surface area contributed by atoms with Crippen molar-refractivity contribution in [3.05, 3.63) is 58.1 Å². The van der Waals surface area contributed by atoms with Crippen LogP contribution >= 0.6 is 27.7 Å². The Morgan fingerprint density at radius 3 is 2.72 bits per heavy atom. The molecule has 1 atom stereocenters. The lowest BCUT2D eigenvalue weighted by Gasteiger charge is -2.13. The number of halogens is 1. The molecule has 3 rings (SSSR count). The molecule has 0 aliphatic carbocycles. The van der Waals surface area contributed by atoms with Crippen LogP contribution in [0.25, 0.3) is 0 Å². The van der Waals surface area contributed by atoms with Crippen molar-refractivity contribution in [2.24, 2.45) is 10.2 Å². The SMILES string of the molecule is CCOc1cc(C=NN=C2NC(=O)C(CC(=O)O)S2)cc(Br)c1OC(=O)c1ccccc1. The minimum absolute atomic E-state index is 0.218. The van der Waals surface area contributed by atoms with Gasteiger partial charge in [-0.15, -0.1) is 5.10 Å². The van der Waals surface area contributed by atoms with Gasteiger partial charge in [0.05, 0.1) is 29.3 Å². The van der Waals surface area contributed by atoms with E-state index in [9.17, 15) is 14.4 Å².